The summed E-state index contributed by atoms with van der Waals surface area (Å²) in [4.78, 5) is 11.5. The molecule has 0 spiro atoms. The summed E-state index contributed by atoms with van der Waals surface area (Å²) in [6, 6.07) is 8.02. The summed E-state index contributed by atoms with van der Waals surface area (Å²) >= 11 is 9.18. The molecule has 0 saturated heterocycles. The Morgan fingerprint density at radius 3 is 2.67 bits per heavy atom. The molecule has 0 saturated carbocycles. The third-order valence-electron chi connectivity index (χ3n) is 3.03. The van der Waals surface area contributed by atoms with E-state index in [4.69, 9.17) is 11.6 Å². The largest absolute Gasteiger partial charge is 0.479 e. The first kappa shape index (κ1) is 15.8. The van der Waals surface area contributed by atoms with Crippen LogP contribution < -0.4 is 5.32 Å². The van der Waals surface area contributed by atoms with Crippen molar-refractivity contribution in [2.24, 2.45) is 0 Å². The summed E-state index contributed by atoms with van der Waals surface area (Å²) in [6.07, 6.45) is 0. The zero-order valence-corrected chi connectivity index (χ0v) is 13.4. The van der Waals surface area contributed by atoms with Gasteiger partial charge in [0.15, 0.2) is 6.04 Å². The summed E-state index contributed by atoms with van der Waals surface area (Å²) in [5.74, 6) is -1.56. The molecule has 2 N–H and O–H groups in total. The Morgan fingerprint density at radius 1 is 1.33 bits per heavy atom. The summed E-state index contributed by atoms with van der Waals surface area (Å²) < 4.78 is 14.0. The van der Waals surface area contributed by atoms with E-state index in [-0.39, 0.29) is 0 Å². The second-order valence-electron chi connectivity index (χ2n) is 4.55. The van der Waals surface area contributed by atoms with Crippen LogP contribution in [0.5, 0.6) is 0 Å². The Kier molecular flexibility index (Phi) is 4.85. The standard InChI is InChI=1S/C15H12BrClFNO2/c1-8-2-3-9(18)6-11(8)14(15(20)21)19-10-4-5-13(17)12(16)7-10/h2-7,14,19H,1H3,(H,20,21). The van der Waals surface area contributed by atoms with E-state index in [9.17, 15) is 14.3 Å². The van der Waals surface area contributed by atoms with Gasteiger partial charge in [-0.3, -0.25) is 0 Å². The Hall–Kier alpha value is -1.59. The van der Waals surface area contributed by atoms with Gasteiger partial charge in [-0.1, -0.05) is 17.7 Å². The highest BCUT2D eigenvalue weighted by atomic mass is 79.9. The zero-order valence-electron chi connectivity index (χ0n) is 11.0. The fourth-order valence-corrected chi connectivity index (χ4v) is 2.44. The van der Waals surface area contributed by atoms with Crippen LogP contribution in [0, 0.1) is 12.7 Å². The fourth-order valence-electron chi connectivity index (χ4n) is 1.95. The second-order valence-corrected chi connectivity index (χ2v) is 5.81. The lowest BCUT2D eigenvalue weighted by Gasteiger charge is -2.18. The minimum Gasteiger partial charge on any atom is -0.479 e. The zero-order chi connectivity index (χ0) is 15.6. The first-order chi connectivity index (χ1) is 9.88. The van der Waals surface area contributed by atoms with Crippen molar-refractivity contribution in [2.75, 3.05) is 5.32 Å². The summed E-state index contributed by atoms with van der Waals surface area (Å²) in [6.45, 7) is 1.74. The number of hydrogen-bond donors (Lipinski definition) is 2. The third kappa shape index (κ3) is 3.74. The molecule has 0 aliphatic rings. The number of nitrogens with one attached hydrogen (secondary N) is 1. The molecular weight excluding hydrogens is 361 g/mol. The summed E-state index contributed by atoms with van der Waals surface area (Å²) in [5.41, 5.74) is 1.65. The van der Waals surface area contributed by atoms with Crippen LogP contribution in [-0.2, 0) is 4.79 Å². The number of aryl methyl sites for hydroxylation is 1. The van der Waals surface area contributed by atoms with Gasteiger partial charge in [0.2, 0.25) is 0 Å². The SMILES string of the molecule is Cc1ccc(F)cc1C(Nc1ccc(Cl)c(Br)c1)C(=O)O. The molecule has 3 nitrogen and oxygen atoms in total. The number of carboxylic acids is 1. The summed E-state index contributed by atoms with van der Waals surface area (Å²) in [5, 5.41) is 12.8. The van der Waals surface area contributed by atoms with Crippen molar-refractivity contribution in [3.63, 3.8) is 0 Å². The third-order valence-corrected chi connectivity index (χ3v) is 4.24. The Labute approximate surface area is 134 Å². The quantitative estimate of drug-likeness (QED) is 0.811. The van der Waals surface area contributed by atoms with Crippen molar-refractivity contribution >= 4 is 39.2 Å². The van der Waals surface area contributed by atoms with Crippen molar-refractivity contribution in [2.45, 2.75) is 13.0 Å². The van der Waals surface area contributed by atoms with E-state index in [1.165, 1.54) is 12.1 Å². The fraction of sp³-hybridized carbons (Fsp3) is 0.133. The number of benzene rings is 2. The molecule has 21 heavy (non-hydrogen) atoms. The van der Waals surface area contributed by atoms with Gasteiger partial charge in [0.1, 0.15) is 5.82 Å². The minimum atomic E-state index is -1.09. The summed E-state index contributed by atoms with van der Waals surface area (Å²) in [7, 11) is 0. The topological polar surface area (TPSA) is 49.3 Å². The number of halogens is 3. The molecule has 0 aliphatic carbocycles. The molecule has 0 aliphatic heterocycles. The van der Waals surface area contributed by atoms with Crippen LogP contribution in [0.2, 0.25) is 5.02 Å². The van der Waals surface area contributed by atoms with Gasteiger partial charge < -0.3 is 10.4 Å². The Balaban J connectivity index is 2.37. The van der Waals surface area contributed by atoms with Gasteiger partial charge in [0.05, 0.1) is 5.02 Å². The van der Waals surface area contributed by atoms with Crippen molar-refractivity contribution in [1.82, 2.24) is 0 Å². The maximum absolute atomic E-state index is 13.4. The smallest absolute Gasteiger partial charge is 0.330 e. The van der Waals surface area contributed by atoms with E-state index in [0.717, 1.165) is 0 Å². The molecule has 6 heteroatoms. The van der Waals surface area contributed by atoms with Crippen molar-refractivity contribution in [3.8, 4) is 0 Å². The average molecular weight is 373 g/mol. The number of carbonyl (C=O) groups is 1. The molecule has 0 bridgehead atoms. The Bertz CT molecular complexity index is 693. The second kappa shape index (κ2) is 6.45. The molecule has 0 heterocycles. The van der Waals surface area contributed by atoms with Crippen LogP contribution in [0.1, 0.15) is 17.2 Å². The maximum atomic E-state index is 13.4. The van der Waals surface area contributed by atoms with Gasteiger partial charge in [-0.05, 0) is 64.3 Å². The molecule has 1 atom stereocenters. The van der Waals surface area contributed by atoms with E-state index in [0.29, 0.717) is 26.3 Å². The van der Waals surface area contributed by atoms with Gasteiger partial charge in [0, 0.05) is 10.2 Å². The molecule has 0 fully saturated rings. The predicted octanol–water partition coefficient (Wildman–Crippen LogP) is 4.79. The van der Waals surface area contributed by atoms with Crippen LogP contribution in [-0.4, -0.2) is 11.1 Å². The van der Waals surface area contributed by atoms with Gasteiger partial charge in [-0.25, -0.2) is 9.18 Å². The van der Waals surface area contributed by atoms with Crippen LogP contribution >= 0.6 is 27.5 Å². The van der Waals surface area contributed by atoms with Crippen LogP contribution in [0.15, 0.2) is 40.9 Å². The molecule has 0 radical (unpaired) electrons. The normalized spacial score (nSPS) is 12.0. The number of anilines is 1. The molecule has 2 aromatic carbocycles. The van der Waals surface area contributed by atoms with Crippen molar-refractivity contribution in [1.29, 1.82) is 0 Å². The Morgan fingerprint density at radius 2 is 2.05 bits per heavy atom. The highest BCUT2D eigenvalue weighted by Gasteiger charge is 2.22. The van der Waals surface area contributed by atoms with Gasteiger partial charge in [-0.2, -0.15) is 0 Å². The first-order valence-electron chi connectivity index (χ1n) is 6.09. The van der Waals surface area contributed by atoms with E-state index in [2.05, 4.69) is 21.2 Å². The predicted molar refractivity (Wildman–Crippen MR) is 84.3 cm³/mol. The van der Waals surface area contributed by atoms with Crippen molar-refractivity contribution < 1.29 is 14.3 Å². The molecule has 2 rings (SSSR count). The molecule has 1 unspecified atom stereocenters. The molecule has 110 valence electrons. The lowest BCUT2D eigenvalue weighted by atomic mass is 10.0. The van der Waals surface area contributed by atoms with E-state index in [1.807, 2.05) is 0 Å². The average Bonchev–Trinajstić information content (AvgIpc) is 2.42. The van der Waals surface area contributed by atoms with Crippen LogP contribution in [0.3, 0.4) is 0 Å². The van der Waals surface area contributed by atoms with E-state index in [1.54, 1.807) is 31.2 Å². The van der Waals surface area contributed by atoms with Gasteiger partial charge >= 0.3 is 5.97 Å². The van der Waals surface area contributed by atoms with E-state index >= 15 is 0 Å². The minimum absolute atomic E-state index is 0.383. The van der Waals surface area contributed by atoms with Crippen molar-refractivity contribution in [3.05, 3.63) is 62.8 Å². The maximum Gasteiger partial charge on any atom is 0.330 e. The van der Waals surface area contributed by atoms with Crippen LogP contribution in [0.25, 0.3) is 0 Å². The molecule has 0 aromatic heterocycles. The molecular formula is C15H12BrClFNO2. The number of carboxylic acid groups (broad SMARTS) is 1. The first-order valence-corrected chi connectivity index (χ1v) is 7.26. The van der Waals surface area contributed by atoms with E-state index < -0.39 is 17.8 Å². The molecule has 2 aromatic rings. The van der Waals surface area contributed by atoms with Gasteiger partial charge in [0.25, 0.3) is 0 Å². The van der Waals surface area contributed by atoms with Gasteiger partial charge in [-0.15, -0.1) is 0 Å². The lowest BCUT2D eigenvalue weighted by molar-refractivity contribution is -0.138. The number of hydrogen-bond acceptors (Lipinski definition) is 2. The number of rotatable bonds is 4. The highest BCUT2D eigenvalue weighted by molar-refractivity contribution is 9.10. The molecule has 0 amide bonds. The number of aliphatic carboxylic acids is 1. The lowest BCUT2D eigenvalue weighted by Crippen LogP contribution is -2.21. The van der Waals surface area contributed by atoms with Crippen LogP contribution in [0.4, 0.5) is 10.1 Å². The monoisotopic (exact) mass is 371 g/mol. The highest BCUT2D eigenvalue weighted by Crippen LogP contribution is 2.29.